The molecule has 0 radical (unpaired) electrons. The van der Waals surface area contributed by atoms with Crippen molar-refractivity contribution < 1.29 is 42.9 Å². The molecule has 0 bridgehead atoms. The van der Waals surface area contributed by atoms with Gasteiger partial charge in [-0.2, -0.15) is 0 Å². The molecule has 0 spiro atoms. The van der Waals surface area contributed by atoms with E-state index < -0.39 is 24.3 Å². The summed E-state index contributed by atoms with van der Waals surface area (Å²) in [5.74, 6) is -2.05. The van der Waals surface area contributed by atoms with Crippen molar-refractivity contribution in [2.45, 2.75) is 245 Å². The summed E-state index contributed by atoms with van der Waals surface area (Å²) in [7, 11) is 5.95. The average Bonchev–Trinajstić information content (AvgIpc) is 3.56. The van der Waals surface area contributed by atoms with E-state index in [9.17, 15) is 19.5 Å². The Bertz CT molecular complexity index is 2080. The monoisotopic (exact) mass is 1200 g/mol. The summed E-state index contributed by atoms with van der Waals surface area (Å²) in [6.45, 7) is 4.60. The highest BCUT2D eigenvalue weighted by molar-refractivity contribution is 5.71. The summed E-state index contributed by atoms with van der Waals surface area (Å²) in [5, 5.41) is 9.74. The Morgan fingerprint density at radius 3 is 0.920 bits per heavy atom. The molecule has 0 saturated heterocycles. The fourth-order valence-corrected chi connectivity index (χ4v) is 8.54. The zero-order valence-electron chi connectivity index (χ0n) is 55.6. The van der Waals surface area contributed by atoms with Gasteiger partial charge in [-0.05, 0) is 135 Å². The van der Waals surface area contributed by atoms with Gasteiger partial charge in [-0.25, -0.2) is 4.79 Å². The molecule has 2 atom stereocenters. The van der Waals surface area contributed by atoms with Crippen molar-refractivity contribution in [2.24, 2.45) is 0 Å². The summed E-state index contributed by atoms with van der Waals surface area (Å²) in [6, 6.07) is 0. The van der Waals surface area contributed by atoms with Crippen LogP contribution in [0.5, 0.6) is 0 Å². The minimum atomic E-state index is -1.53. The van der Waals surface area contributed by atoms with Gasteiger partial charge in [0.25, 0.3) is 6.29 Å². The molecule has 0 fully saturated rings. The molecule has 0 amide bonds. The quantitative estimate of drug-likeness (QED) is 0.0211. The Hall–Kier alpha value is -5.61. The summed E-state index contributed by atoms with van der Waals surface area (Å²) >= 11 is 0. The molecule has 1 N–H and O–H groups in total. The minimum absolute atomic E-state index is 0.173. The van der Waals surface area contributed by atoms with Crippen molar-refractivity contribution >= 4 is 17.9 Å². The van der Waals surface area contributed by atoms with Gasteiger partial charge in [-0.15, -0.1) is 0 Å². The molecule has 0 saturated carbocycles. The van der Waals surface area contributed by atoms with Crippen LogP contribution in [0.25, 0.3) is 0 Å². The lowest BCUT2D eigenvalue weighted by atomic mass is 10.1. The topological polar surface area (TPSA) is 108 Å². The van der Waals surface area contributed by atoms with E-state index >= 15 is 0 Å². The molecular weight excluding hydrogens is 1080 g/mol. The number of carbonyl (C=O) groups excluding carboxylic acids is 2. The Morgan fingerprint density at radius 1 is 0.345 bits per heavy atom. The molecule has 87 heavy (non-hydrogen) atoms. The number of hydrogen-bond donors (Lipinski definition) is 1. The van der Waals surface area contributed by atoms with Crippen LogP contribution in [0, 0.1) is 0 Å². The first-order valence-corrected chi connectivity index (χ1v) is 33.9. The highest BCUT2D eigenvalue weighted by Gasteiger charge is 2.25. The molecule has 9 heteroatoms. The third-order valence-corrected chi connectivity index (χ3v) is 13.7. The van der Waals surface area contributed by atoms with Crippen LogP contribution >= 0.6 is 0 Å². The number of rotatable bonds is 60. The summed E-state index contributed by atoms with van der Waals surface area (Å²) in [5.41, 5.74) is 0. The summed E-state index contributed by atoms with van der Waals surface area (Å²) < 4.78 is 22.9. The number of carboxylic acid groups (broad SMARTS) is 1. The molecule has 2 unspecified atom stereocenters. The minimum Gasteiger partial charge on any atom is -0.477 e. The van der Waals surface area contributed by atoms with E-state index in [2.05, 4.69) is 196 Å². The molecule has 488 valence electrons. The highest BCUT2D eigenvalue weighted by Crippen LogP contribution is 2.15. The smallest absolute Gasteiger partial charge is 0.361 e. The van der Waals surface area contributed by atoms with E-state index in [0.717, 1.165) is 167 Å². The molecule has 0 aromatic rings. The van der Waals surface area contributed by atoms with Crippen LogP contribution in [0.1, 0.15) is 232 Å². The van der Waals surface area contributed by atoms with Gasteiger partial charge < -0.3 is 28.5 Å². The lowest BCUT2D eigenvalue weighted by Crippen LogP contribution is -2.40. The maximum atomic E-state index is 12.9. The van der Waals surface area contributed by atoms with Crippen molar-refractivity contribution in [1.29, 1.82) is 0 Å². The van der Waals surface area contributed by atoms with E-state index in [0.29, 0.717) is 17.4 Å². The van der Waals surface area contributed by atoms with E-state index in [4.69, 9.17) is 18.9 Å². The second kappa shape index (κ2) is 66.3. The number of carboxylic acids is 1. The third kappa shape index (κ3) is 67.8. The largest absolute Gasteiger partial charge is 0.477 e. The number of unbranched alkanes of at least 4 members (excludes halogenated alkanes) is 15. The number of quaternary nitrogens is 1. The molecule has 9 nitrogen and oxygen atoms in total. The number of allylic oxidation sites excluding steroid dienone is 30. The lowest BCUT2D eigenvalue weighted by molar-refractivity contribution is -0.870. The normalized spacial score (nSPS) is 13.9. The summed E-state index contributed by atoms with van der Waals surface area (Å²) in [6.07, 6.45) is 98.4. The van der Waals surface area contributed by atoms with Crippen molar-refractivity contribution in [3.05, 3.63) is 182 Å². The summed E-state index contributed by atoms with van der Waals surface area (Å²) in [4.78, 5) is 37.6. The number of ether oxygens (including phenoxy) is 4. The number of likely N-dealkylation sites (N-methyl/N-ethyl adjacent to an activating group) is 1. The van der Waals surface area contributed by atoms with Crippen LogP contribution in [0.4, 0.5) is 0 Å². The van der Waals surface area contributed by atoms with Gasteiger partial charge in [0.15, 0.2) is 6.10 Å². The number of esters is 2. The Kier molecular flexibility index (Phi) is 62.1. The Balaban J connectivity index is 4.27. The second-order valence-electron chi connectivity index (χ2n) is 23.0. The molecular formula is C78H124NO8+. The zero-order valence-corrected chi connectivity index (χ0v) is 55.6. The van der Waals surface area contributed by atoms with Crippen LogP contribution in [-0.2, 0) is 33.3 Å². The van der Waals surface area contributed by atoms with Crippen molar-refractivity contribution in [2.75, 3.05) is 47.5 Å². The highest BCUT2D eigenvalue weighted by atomic mass is 16.7. The number of carbonyl (C=O) groups is 3. The lowest BCUT2D eigenvalue weighted by Gasteiger charge is -2.25. The molecule has 0 aliphatic carbocycles. The molecule has 0 heterocycles. The van der Waals surface area contributed by atoms with Gasteiger partial charge in [0.05, 0.1) is 34.4 Å². The number of aliphatic carboxylic acids is 1. The molecule has 0 aromatic carbocycles. The van der Waals surface area contributed by atoms with E-state index in [-0.39, 0.29) is 38.6 Å². The van der Waals surface area contributed by atoms with E-state index in [1.807, 2.05) is 21.1 Å². The van der Waals surface area contributed by atoms with Crippen LogP contribution in [-0.4, -0.2) is 87.4 Å². The van der Waals surface area contributed by atoms with Gasteiger partial charge in [0, 0.05) is 12.8 Å². The van der Waals surface area contributed by atoms with Gasteiger partial charge in [-0.1, -0.05) is 267 Å². The zero-order chi connectivity index (χ0) is 63.3. The average molecular weight is 1200 g/mol. The predicted molar refractivity (Wildman–Crippen MR) is 372 cm³/mol. The van der Waals surface area contributed by atoms with Crippen LogP contribution < -0.4 is 0 Å². The number of hydrogen-bond acceptors (Lipinski definition) is 7. The fourth-order valence-electron chi connectivity index (χ4n) is 8.54. The van der Waals surface area contributed by atoms with Crippen molar-refractivity contribution in [3.63, 3.8) is 0 Å². The first-order valence-electron chi connectivity index (χ1n) is 33.9. The first kappa shape index (κ1) is 81.4. The third-order valence-electron chi connectivity index (χ3n) is 13.7. The molecule has 0 aromatic heterocycles. The molecule has 0 aliphatic rings. The standard InChI is InChI=1S/C78H123NO8/c1-6-8-10-12-14-16-18-20-22-24-26-28-30-32-34-36-38-40-42-44-46-48-50-52-54-56-58-60-62-64-66-68-75(80)85-72-74(73-86-78(77(82)83)84-71-70-79(3,4)5)87-76(81)69-67-65-63-61-59-57-55-53-51-49-47-45-43-41-39-37-35-33-31-29-27-25-23-21-19-17-15-13-11-9-7-2/h8-11,14-17,20-23,26-29,32-35,38-41,44-47,51,53,74,78H,6-7,12-13,18-19,24-25,30-31,36-37,42-43,48-50,52,54-73H2,1-5H3/p+1/b10-8-,11-9-,16-14-,17-15-,22-20-,23-21-,28-26-,29-27-,34-32-,35-33-,40-38-,41-39-,46-44-,47-45-,53-51-. The fraction of sp³-hybridized carbons (Fsp3) is 0.577. The number of nitrogens with zero attached hydrogens (tertiary/aromatic N) is 1. The van der Waals surface area contributed by atoms with Gasteiger partial charge in [0.2, 0.25) is 0 Å². The van der Waals surface area contributed by atoms with Gasteiger partial charge in [0.1, 0.15) is 13.2 Å². The maximum Gasteiger partial charge on any atom is 0.361 e. The maximum absolute atomic E-state index is 12.9. The van der Waals surface area contributed by atoms with Gasteiger partial charge >= 0.3 is 17.9 Å². The first-order chi connectivity index (χ1) is 42.6. The van der Waals surface area contributed by atoms with Crippen LogP contribution in [0.3, 0.4) is 0 Å². The molecule has 0 rings (SSSR count). The van der Waals surface area contributed by atoms with E-state index in [1.54, 1.807) is 0 Å². The Labute approximate surface area is 532 Å². The van der Waals surface area contributed by atoms with Crippen molar-refractivity contribution in [3.8, 4) is 0 Å². The predicted octanol–water partition coefficient (Wildman–Crippen LogP) is 21.2. The van der Waals surface area contributed by atoms with Crippen LogP contribution in [0.2, 0.25) is 0 Å². The SMILES string of the molecule is CC/C=C\C/C=C\C/C=C\C/C=C\C/C=C\C/C=C\C/C=C\C/C=C\CCCCCCCCC(=O)OC(COC(=O)CCCCCCCCCCC/C=C\C/C=C\C/C=C\C/C=C\C/C=C\C/C=C\C/C=C\CC)COC(OCC[N+](C)(C)C)C(=O)O. The van der Waals surface area contributed by atoms with Crippen LogP contribution in [0.15, 0.2) is 182 Å². The Morgan fingerprint density at radius 2 is 0.621 bits per heavy atom. The van der Waals surface area contributed by atoms with Crippen molar-refractivity contribution in [1.82, 2.24) is 0 Å². The molecule has 0 aliphatic heterocycles. The van der Waals surface area contributed by atoms with Gasteiger partial charge in [-0.3, -0.25) is 9.59 Å². The second-order valence-corrected chi connectivity index (χ2v) is 23.0. The van der Waals surface area contributed by atoms with E-state index in [1.165, 1.54) is 32.1 Å².